The maximum Gasteiger partial charge on any atom is 0.175 e. The fourth-order valence-corrected chi connectivity index (χ4v) is 3.54. The lowest BCUT2D eigenvalue weighted by Gasteiger charge is -2.36. The highest BCUT2D eigenvalue weighted by Crippen LogP contribution is 2.23. The Balaban J connectivity index is 1.77. The normalized spacial score (nSPS) is 19.6. The molecule has 5 nitrogen and oxygen atoms in total. The van der Waals surface area contributed by atoms with Crippen LogP contribution in [-0.4, -0.2) is 44.2 Å². The lowest BCUT2D eigenvalue weighted by Crippen LogP contribution is -2.45. The van der Waals surface area contributed by atoms with E-state index in [1.54, 1.807) is 18.3 Å². The van der Waals surface area contributed by atoms with Gasteiger partial charge in [0.05, 0.1) is 4.90 Å². The van der Waals surface area contributed by atoms with Gasteiger partial charge in [0.25, 0.3) is 0 Å². The zero-order chi connectivity index (χ0) is 16.3. The lowest BCUT2D eigenvalue weighted by atomic mass is 10.0. The van der Waals surface area contributed by atoms with E-state index < -0.39 is 9.84 Å². The molecule has 1 N–H and O–H groups in total. The van der Waals surface area contributed by atoms with Crippen LogP contribution in [0.25, 0.3) is 0 Å². The van der Waals surface area contributed by atoms with E-state index in [1.165, 1.54) is 11.8 Å². The van der Waals surface area contributed by atoms with Crippen molar-refractivity contribution in [3.05, 3.63) is 59.9 Å². The highest BCUT2D eigenvalue weighted by molar-refractivity contribution is 7.90. The molecule has 1 aromatic heterocycles. The number of hydrogen-bond acceptors (Lipinski definition) is 5. The largest absolute Gasteiger partial charge is 0.314 e. The average molecular weight is 331 g/mol. The molecule has 1 saturated heterocycles. The van der Waals surface area contributed by atoms with Gasteiger partial charge in [-0.2, -0.15) is 0 Å². The summed E-state index contributed by atoms with van der Waals surface area (Å²) in [5, 5.41) is 3.43. The summed E-state index contributed by atoms with van der Waals surface area (Å²) in [6, 6.07) is 11.5. The molecular weight excluding hydrogens is 310 g/mol. The second-order valence-corrected chi connectivity index (χ2v) is 7.91. The summed E-state index contributed by atoms with van der Waals surface area (Å²) in [6.07, 6.45) is 4.93. The number of benzene rings is 1. The first-order valence-electron chi connectivity index (χ1n) is 7.68. The van der Waals surface area contributed by atoms with Crippen LogP contribution in [0.5, 0.6) is 0 Å². The Morgan fingerprint density at radius 1 is 1.26 bits per heavy atom. The molecule has 6 heteroatoms. The third kappa shape index (κ3) is 3.96. The third-order valence-corrected chi connectivity index (χ3v) is 5.29. The number of nitrogens with one attached hydrogen (secondary N) is 1. The van der Waals surface area contributed by atoms with Gasteiger partial charge in [-0.3, -0.25) is 9.88 Å². The zero-order valence-electron chi connectivity index (χ0n) is 13.1. The maximum atomic E-state index is 11.5. The molecule has 3 rings (SSSR count). The van der Waals surface area contributed by atoms with Crippen molar-refractivity contribution in [2.24, 2.45) is 0 Å². The van der Waals surface area contributed by atoms with Crippen LogP contribution >= 0.6 is 0 Å². The molecule has 0 spiro atoms. The minimum absolute atomic E-state index is 0.284. The van der Waals surface area contributed by atoms with Crippen LogP contribution in [0.4, 0.5) is 0 Å². The molecular formula is C17H21N3O2S. The minimum atomic E-state index is -3.14. The van der Waals surface area contributed by atoms with Crippen molar-refractivity contribution in [3.8, 4) is 0 Å². The highest BCUT2D eigenvalue weighted by atomic mass is 32.2. The van der Waals surface area contributed by atoms with E-state index in [-0.39, 0.29) is 6.04 Å². The van der Waals surface area contributed by atoms with Crippen LogP contribution in [0, 0.1) is 0 Å². The molecule has 1 fully saturated rings. The number of nitrogens with zero attached hydrogens (tertiary/aromatic N) is 2. The number of sulfone groups is 1. The molecule has 1 aliphatic rings. The Kier molecular flexibility index (Phi) is 4.75. The van der Waals surface area contributed by atoms with E-state index in [2.05, 4.69) is 21.3 Å². The van der Waals surface area contributed by atoms with Crippen LogP contribution in [0.1, 0.15) is 17.2 Å². The molecule has 2 aromatic rings. The van der Waals surface area contributed by atoms with Crippen molar-refractivity contribution in [1.29, 1.82) is 0 Å². The van der Waals surface area contributed by atoms with Crippen molar-refractivity contribution in [1.82, 2.24) is 15.2 Å². The Morgan fingerprint density at radius 3 is 2.70 bits per heavy atom. The van der Waals surface area contributed by atoms with Crippen molar-refractivity contribution >= 4 is 9.84 Å². The van der Waals surface area contributed by atoms with Crippen LogP contribution < -0.4 is 5.32 Å². The molecule has 1 aliphatic heterocycles. The number of pyridine rings is 1. The van der Waals surface area contributed by atoms with E-state index in [0.29, 0.717) is 4.90 Å². The fourth-order valence-electron chi connectivity index (χ4n) is 2.91. The van der Waals surface area contributed by atoms with E-state index in [1.807, 2.05) is 24.4 Å². The van der Waals surface area contributed by atoms with Gasteiger partial charge in [-0.1, -0.05) is 18.2 Å². The molecule has 0 aliphatic carbocycles. The van der Waals surface area contributed by atoms with Gasteiger partial charge in [-0.15, -0.1) is 0 Å². The predicted molar refractivity (Wildman–Crippen MR) is 89.8 cm³/mol. The summed E-state index contributed by atoms with van der Waals surface area (Å²) in [4.78, 5) is 6.99. The van der Waals surface area contributed by atoms with Gasteiger partial charge in [-0.05, 0) is 29.3 Å². The van der Waals surface area contributed by atoms with Crippen LogP contribution in [-0.2, 0) is 16.4 Å². The molecule has 0 amide bonds. The first kappa shape index (κ1) is 16.1. The van der Waals surface area contributed by atoms with Crippen molar-refractivity contribution in [2.75, 3.05) is 25.9 Å². The molecule has 1 unspecified atom stereocenters. The van der Waals surface area contributed by atoms with Gasteiger partial charge >= 0.3 is 0 Å². The van der Waals surface area contributed by atoms with E-state index in [4.69, 9.17) is 0 Å². The highest BCUT2D eigenvalue weighted by Gasteiger charge is 2.23. The molecule has 122 valence electrons. The smallest absolute Gasteiger partial charge is 0.175 e. The van der Waals surface area contributed by atoms with E-state index >= 15 is 0 Å². The molecule has 0 saturated carbocycles. The van der Waals surface area contributed by atoms with Gasteiger partial charge in [0.1, 0.15) is 0 Å². The average Bonchev–Trinajstić information content (AvgIpc) is 2.56. The number of rotatable bonds is 4. The predicted octanol–water partition coefficient (Wildman–Crippen LogP) is 1.63. The van der Waals surface area contributed by atoms with Crippen LogP contribution in [0.3, 0.4) is 0 Å². The minimum Gasteiger partial charge on any atom is -0.314 e. The number of aromatic nitrogens is 1. The summed E-state index contributed by atoms with van der Waals surface area (Å²) >= 11 is 0. The third-order valence-electron chi connectivity index (χ3n) is 4.16. The SMILES string of the molecule is CS(=O)(=O)c1ccc(CN2CCNCC2c2cccnc2)cc1. The number of piperazine rings is 1. The standard InChI is InChI=1S/C17H21N3O2S/c1-23(21,22)16-6-4-14(5-7-16)13-20-10-9-19-12-17(20)15-3-2-8-18-11-15/h2-8,11,17,19H,9-10,12-13H2,1H3. The van der Waals surface area contributed by atoms with Crippen molar-refractivity contribution < 1.29 is 8.42 Å². The maximum absolute atomic E-state index is 11.5. The van der Waals surface area contributed by atoms with E-state index in [0.717, 1.165) is 31.7 Å². The van der Waals surface area contributed by atoms with Gasteiger partial charge in [0.2, 0.25) is 0 Å². The Hall–Kier alpha value is -1.76. The van der Waals surface area contributed by atoms with Gasteiger partial charge in [-0.25, -0.2) is 8.42 Å². The summed E-state index contributed by atoms with van der Waals surface area (Å²) in [5.41, 5.74) is 2.32. The first-order valence-corrected chi connectivity index (χ1v) is 9.57. The molecule has 2 heterocycles. The monoisotopic (exact) mass is 331 g/mol. The van der Waals surface area contributed by atoms with Gasteiger partial charge in [0.15, 0.2) is 9.84 Å². The molecule has 0 radical (unpaired) electrons. The van der Waals surface area contributed by atoms with Crippen molar-refractivity contribution in [2.45, 2.75) is 17.5 Å². The topological polar surface area (TPSA) is 62.3 Å². The molecule has 1 aromatic carbocycles. The Bertz CT molecular complexity index is 745. The Labute approximate surface area is 137 Å². The fraction of sp³-hybridized carbons (Fsp3) is 0.353. The molecule has 1 atom stereocenters. The molecule has 23 heavy (non-hydrogen) atoms. The second kappa shape index (κ2) is 6.78. The summed E-state index contributed by atoms with van der Waals surface area (Å²) in [7, 11) is -3.14. The summed E-state index contributed by atoms with van der Waals surface area (Å²) < 4.78 is 23.1. The second-order valence-electron chi connectivity index (χ2n) is 5.89. The molecule has 0 bridgehead atoms. The van der Waals surface area contributed by atoms with E-state index in [9.17, 15) is 8.42 Å². The van der Waals surface area contributed by atoms with Gasteiger partial charge in [0, 0.05) is 50.9 Å². The Morgan fingerprint density at radius 2 is 2.04 bits per heavy atom. The van der Waals surface area contributed by atoms with Crippen LogP contribution in [0.2, 0.25) is 0 Å². The lowest BCUT2D eigenvalue weighted by molar-refractivity contribution is 0.153. The van der Waals surface area contributed by atoms with Crippen LogP contribution in [0.15, 0.2) is 53.7 Å². The quantitative estimate of drug-likeness (QED) is 0.923. The van der Waals surface area contributed by atoms with Gasteiger partial charge < -0.3 is 5.32 Å². The first-order chi connectivity index (χ1) is 11.0. The van der Waals surface area contributed by atoms with Crippen molar-refractivity contribution in [3.63, 3.8) is 0 Å². The summed E-state index contributed by atoms with van der Waals surface area (Å²) in [5.74, 6) is 0. The summed E-state index contributed by atoms with van der Waals surface area (Å²) in [6.45, 7) is 3.60. The number of hydrogen-bond donors (Lipinski definition) is 1. The zero-order valence-corrected chi connectivity index (χ0v) is 14.0.